The smallest absolute Gasteiger partial charge is 0.00108 e. The first-order valence-electron chi connectivity index (χ1n) is 8.75. The summed E-state index contributed by atoms with van der Waals surface area (Å²) in [6.07, 6.45) is 6.43. The topological polar surface area (TPSA) is 12.0 Å². The van der Waals surface area contributed by atoms with E-state index in [9.17, 15) is 0 Å². The summed E-state index contributed by atoms with van der Waals surface area (Å²) >= 11 is 0. The van der Waals surface area contributed by atoms with Crippen molar-refractivity contribution in [2.24, 2.45) is 5.41 Å². The number of benzene rings is 1. The first kappa shape index (κ1) is 18.2. The summed E-state index contributed by atoms with van der Waals surface area (Å²) in [6, 6.07) is 4.69. The molecule has 0 aliphatic rings. The van der Waals surface area contributed by atoms with E-state index in [0.29, 0.717) is 5.41 Å². The molecule has 0 aliphatic heterocycles. The maximum atomic E-state index is 3.62. The van der Waals surface area contributed by atoms with Crippen molar-refractivity contribution in [1.82, 2.24) is 5.32 Å². The molecule has 0 saturated carbocycles. The fraction of sp³-hybridized carbons (Fsp3) is 0.700. The maximum Gasteiger partial charge on any atom is 0.00108 e. The van der Waals surface area contributed by atoms with E-state index < -0.39 is 0 Å². The van der Waals surface area contributed by atoms with Crippen molar-refractivity contribution in [3.8, 4) is 0 Å². The van der Waals surface area contributed by atoms with Crippen LogP contribution in [-0.4, -0.2) is 13.1 Å². The fourth-order valence-corrected chi connectivity index (χ4v) is 3.47. The van der Waals surface area contributed by atoms with Crippen molar-refractivity contribution >= 4 is 0 Å². The highest BCUT2D eigenvalue weighted by Crippen LogP contribution is 2.35. The molecule has 0 aliphatic carbocycles. The SMILES string of the molecule is CCCCC(CC)(CNCC)Cc1c(C)cc(C)cc1C. The minimum atomic E-state index is 0.413. The minimum absolute atomic E-state index is 0.413. The third-order valence-electron chi connectivity index (χ3n) is 4.95. The third kappa shape index (κ3) is 5.14. The summed E-state index contributed by atoms with van der Waals surface area (Å²) in [4.78, 5) is 0. The zero-order valence-corrected chi connectivity index (χ0v) is 15.1. The van der Waals surface area contributed by atoms with E-state index in [0.717, 1.165) is 13.1 Å². The second-order valence-electron chi connectivity index (χ2n) is 6.79. The van der Waals surface area contributed by atoms with Gasteiger partial charge in [0.15, 0.2) is 0 Å². The van der Waals surface area contributed by atoms with Crippen molar-refractivity contribution < 1.29 is 0 Å². The van der Waals surface area contributed by atoms with Gasteiger partial charge in [0.2, 0.25) is 0 Å². The number of unbranched alkanes of at least 4 members (excludes halogenated alkanes) is 1. The van der Waals surface area contributed by atoms with Crippen LogP contribution < -0.4 is 5.32 Å². The lowest BCUT2D eigenvalue weighted by atomic mass is 9.73. The van der Waals surface area contributed by atoms with Gasteiger partial charge in [-0.3, -0.25) is 0 Å². The number of hydrogen-bond donors (Lipinski definition) is 1. The van der Waals surface area contributed by atoms with Gasteiger partial charge in [-0.05, 0) is 68.7 Å². The molecule has 1 unspecified atom stereocenters. The summed E-state index contributed by atoms with van der Waals surface area (Å²) in [5, 5.41) is 3.62. The molecular formula is C20H35N. The van der Waals surface area contributed by atoms with Gasteiger partial charge in [0, 0.05) is 6.54 Å². The summed E-state index contributed by atoms with van der Waals surface area (Å²) in [5.74, 6) is 0. The summed E-state index contributed by atoms with van der Waals surface area (Å²) in [5.41, 5.74) is 6.32. The van der Waals surface area contributed by atoms with Crippen LogP contribution in [0.4, 0.5) is 0 Å². The molecule has 120 valence electrons. The molecule has 0 saturated heterocycles. The Morgan fingerprint density at radius 3 is 2.10 bits per heavy atom. The van der Waals surface area contributed by atoms with E-state index in [4.69, 9.17) is 0 Å². The lowest BCUT2D eigenvalue weighted by Gasteiger charge is -2.35. The quantitative estimate of drug-likeness (QED) is 0.646. The average Bonchev–Trinajstić information content (AvgIpc) is 2.45. The third-order valence-corrected chi connectivity index (χ3v) is 4.95. The summed E-state index contributed by atoms with van der Waals surface area (Å²) in [6.45, 7) is 15.9. The van der Waals surface area contributed by atoms with Crippen LogP contribution in [0.3, 0.4) is 0 Å². The van der Waals surface area contributed by atoms with E-state index in [1.165, 1.54) is 48.8 Å². The number of nitrogens with one attached hydrogen (secondary N) is 1. The molecule has 0 aromatic heterocycles. The zero-order valence-electron chi connectivity index (χ0n) is 15.1. The lowest BCUT2D eigenvalue weighted by molar-refractivity contribution is 0.230. The standard InChI is InChI=1S/C20H35N/c1-7-10-11-20(8-2,15-21-9-3)14-19-17(5)12-16(4)13-18(19)6/h12-13,21H,7-11,14-15H2,1-6H3. The van der Waals surface area contributed by atoms with E-state index >= 15 is 0 Å². The predicted molar refractivity (Wildman–Crippen MR) is 95.1 cm³/mol. The summed E-state index contributed by atoms with van der Waals surface area (Å²) in [7, 11) is 0. The van der Waals surface area contributed by atoms with E-state index in [2.05, 4.69) is 59.0 Å². The average molecular weight is 290 g/mol. The molecule has 0 bridgehead atoms. The largest absolute Gasteiger partial charge is 0.316 e. The molecule has 1 atom stereocenters. The molecule has 0 heterocycles. The molecule has 1 N–H and O–H groups in total. The first-order chi connectivity index (χ1) is 9.98. The van der Waals surface area contributed by atoms with E-state index in [1.54, 1.807) is 5.56 Å². The van der Waals surface area contributed by atoms with Crippen molar-refractivity contribution in [2.75, 3.05) is 13.1 Å². The van der Waals surface area contributed by atoms with Crippen molar-refractivity contribution in [3.63, 3.8) is 0 Å². The number of aryl methyl sites for hydroxylation is 3. The normalized spacial score (nSPS) is 14.2. The van der Waals surface area contributed by atoms with Crippen LogP contribution in [0.2, 0.25) is 0 Å². The molecule has 0 radical (unpaired) electrons. The predicted octanol–water partition coefficient (Wildman–Crippen LogP) is 5.35. The highest BCUT2D eigenvalue weighted by atomic mass is 14.9. The highest BCUT2D eigenvalue weighted by Gasteiger charge is 2.28. The second kappa shape index (κ2) is 8.58. The van der Waals surface area contributed by atoms with Gasteiger partial charge in [0.25, 0.3) is 0 Å². The van der Waals surface area contributed by atoms with Crippen molar-refractivity contribution in [1.29, 1.82) is 0 Å². The van der Waals surface area contributed by atoms with Gasteiger partial charge in [-0.2, -0.15) is 0 Å². The van der Waals surface area contributed by atoms with Gasteiger partial charge < -0.3 is 5.32 Å². The van der Waals surface area contributed by atoms with Crippen molar-refractivity contribution in [2.45, 2.75) is 73.6 Å². The molecule has 0 spiro atoms. The van der Waals surface area contributed by atoms with Crippen LogP contribution in [0.15, 0.2) is 12.1 Å². The second-order valence-corrected chi connectivity index (χ2v) is 6.79. The van der Waals surface area contributed by atoms with Gasteiger partial charge in [-0.15, -0.1) is 0 Å². The van der Waals surface area contributed by atoms with Crippen LogP contribution in [0, 0.1) is 26.2 Å². The Morgan fingerprint density at radius 1 is 1.00 bits per heavy atom. The molecule has 1 rings (SSSR count). The molecule has 21 heavy (non-hydrogen) atoms. The lowest BCUT2D eigenvalue weighted by Crippen LogP contribution is -2.36. The van der Waals surface area contributed by atoms with Gasteiger partial charge in [0.1, 0.15) is 0 Å². The van der Waals surface area contributed by atoms with Crippen LogP contribution in [0.1, 0.15) is 68.7 Å². The van der Waals surface area contributed by atoms with E-state index in [1.807, 2.05) is 0 Å². The molecule has 0 amide bonds. The first-order valence-corrected chi connectivity index (χ1v) is 8.75. The Kier molecular flexibility index (Phi) is 7.45. The van der Waals surface area contributed by atoms with Crippen LogP contribution in [0.5, 0.6) is 0 Å². The van der Waals surface area contributed by atoms with Crippen LogP contribution >= 0.6 is 0 Å². The van der Waals surface area contributed by atoms with Gasteiger partial charge in [-0.25, -0.2) is 0 Å². The maximum absolute atomic E-state index is 3.62. The number of rotatable bonds is 9. The van der Waals surface area contributed by atoms with Crippen molar-refractivity contribution in [3.05, 3.63) is 34.4 Å². The monoisotopic (exact) mass is 289 g/mol. The highest BCUT2D eigenvalue weighted by molar-refractivity contribution is 5.38. The Hall–Kier alpha value is -0.820. The Bertz CT molecular complexity index is 402. The van der Waals surface area contributed by atoms with Gasteiger partial charge >= 0.3 is 0 Å². The molecule has 1 aromatic rings. The Balaban J connectivity index is 3.04. The molecular weight excluding hydrogens is 254 g/mol. The van der Waals surface area contributed by atoms with Gasteiger partial charge in [0.05, 0.1) is 0 Å². The Labute approximate surface area is 132 Å². The molecule has 1 nitrogen and oxygen atoms in total. The molecule has 1 heteroatoms. The molecule has 0 fully saturated rings. The zero-order chi connectivity index (χ0) is 15.9. The fourth-order valence-electron chi connectivity index (χ4n) is 3.47. The van der Waals surface area contributed by atoms with Gasteiger partial charge in [-0.1, -0.05) is 51.3 Å². The van der Waals surface area contributed by atoms with Crippen LogP contribution in [0.25, 0.3) is 0 Å². The minimum Gasteiger partial charge on any atom is -0.316 e. The Morgan fingerprint density at radius 2 is 1.62 bits per heavy atom. The number of hydrogen-bond acceptors (Lipinski definition) is 1. The van der Waals surface area contributed by atoms with E-state index in [-0.39, 0.29) is 0 Å². The molecule has 1 aromatic carbocycles. The van der Waals surface area contributed by atoms with Crippen LogP contribution in [-0.2, 0) is 6.42 Å². The summed E-state index contributed by atoms with van der Waals surface area (Å²) < 4.78 is 0.